The van der Waals surface area contributed by atoms with Crippen LogP contribution < -0.4 is 0 Å². The highest BCUT2D eigenvalue weighted by Gasteiger charge is 2.24. The van der Waals surface area contributed by atoms with Gasteiger partial charge in [-0.25, -0.2) is 0 Å². The quantitative estimate of drug-likeness (QED) is 0.387. The number of unbranched alkanes of at least 4 members (excludes halogenated alkanes) is 2. The molecule has 0 spiro atoms. The maximum absolute atomic E-state index is 9.42. The van der Waals surface area contributed by atoms with E-state index in [2.05, 4.69) is 31.9 Å². The predicted octanol–water partition coefficient (Wildman–Crippen LogP) is 3.37. The van der Waals surface area contributed by atoms with Crippen molar-refractivity contribution in [1.29, 1.82) is 0 Å². The van der Waals surface area contributed by atoms with Gasteiger partial charge in [-0.2, -0.15) is 0 Å². The molecule has 0 aromatic heterocycles. The summed E-state index contributed by atoms with van der Waals surface area (Å²) in [5, 5.41) is 11.5. The van der Waals surface area contributed by atoms with E-state index in [-0.39, 0.29) is 12.0 Å². The predicted molar refractivity (Wildman–Crippen MR) is 82.9 cm³/mol. The molecule has 0 saturated heterocycles. The molecule has 0 bridgehead atoms. The summed E-state index contributed by atoms with van der Waals surface area (Å²) < 4.78 is 11.2. The van der Waals surface area contributed by atoms with Crippen molar-refractivity contribution in [3.05, 3.63) is 0 Å². The smallest absolute Gasteiger partial charge is 0.0563 e. The minimum Gasteiger partial charge on any atom is -0.396 e. The van der Waals surface area contributed by atoms with E-state index in [9.17, 15) is 5.11 Å². The van der Waals surface area contributed by atoms with Gasteiger partial charge in [-0.05, 0) is 25.7 Å². The lowest BCUT2D eigenvalue weighted by molar-refractivity contribution is -0.0414. The van der Waals surface area contributed by atoms with Gasteiger partial charge in [0, 0.05) is 29.3 Å². The van der Waals surface area contributed by atoms with E-state index in [1.54, 1.807) is 0 Å². The lowest BCUT2D eigenvalue weighted by atomic mass is 9.94. The van der Waals surface area contributed by atoms with Crippen LogP contribution >= 0.6 is 31.9 Å². The molecular formula is C13H26Br2O3. The van der Waals surface area contributed by atoms with E-state index in [0.717, 1.165) is 49.6 Å². The SMILES string of the molecule is CC(CO)(COCCCCBr)COCCCCBr. The first-order valence-corrected chi connectivity index (χ1v) is 8.81. The van der Waals surface area contributed by atoms with Crippen LogP contribution in [0.5, 0.6) is 0 Å². The Bertz CT molecular complexity index is 166. The first kappa shape index (κ1) is 18.8. The number of ether oxygens (including phenoxy) is 2. The van der Waals surface area contributed by atoms with E-state index in [1.807, 2.05) is 6.92 Å². The van der Waals surface area contributed by atoms with E-state index in [1.165, 1.54) is 0 Å². The highest BCUT2D eigenvalue weighted by Crippen LogP contribution is 2.17. The average molecular weight is 390 g/mol. The zero-order valence-electron chi connectivity index (χ0n) is 11.3. The van der Waals surface area contributed by atoms with E-state index in [0.29, 0.717) is 13.2 Å². The van der Waals surface area contributed by atoms with Crippen LogP contribution in [0.4, 0.5) is 0 Å². The minimum atomic E-state index is -0.275. The van der Waals surface area contributed by atoms with Crippen LogP contribution in [0, 0.1) is 5.41 Å². The Morgan fingerprint density at radius 2 is 1.33 bits per heavy atom. The molecule has 0 aliphatic heterocycles. The number of aliphatic hydroxyl groups is 1. The third-order valence-corrected chi connectivity index (χ3v) is 3.75. The fraction of sp³-hybridized carbons (Fsp3) is 1.00. The molecule has 0 rings (SSSR count). The van der Waals surface area contributed by atoms with Crippen LogP contribution in [0.25, 0.3) is 0 Å². The molecule has 3 nitrogen and oxygen atoms in total. The monoisotopic (exact) mass is 388 g/mol. The zero-order valence-corrected chi connectivity index (χ0v) is 14.5. The largest absolute Gasteiger partial charge is 0.396 e. The Balaban J connectivity index is 3.60. The Morgan fingerprint density at radius 3 is 1.67 bits per heavy atom. The van der Waals surface area contributed by atoms with Crippen LogP contribution in [0.1, 0.15) is 32.6 Å². The molecule has 110 valence electrons. The molecule has 0 aromatic carbocycles. The maximum Gasteiger partial charge on any atom is 0.0563 e. The van der Waals surface area contributed by atoms with Crippen LogP contribution in [-0.4, -0.2) is 48.8 Å². The topological polar surface area (TPSA) is 38.7 Å². The van der Waals surface area contributed by atoms with Crippen LogP contribution in [-0.2, 0) is 9.47 Å². The molecular weight excluding hydrogens is 364 g/mol. The standard InChI is InChI=1S/C13H26Br2O3/c1-13(10-16,11-17-8-4-2-6-14)12-18-9-5-3-7-15/h16H,2-12H2,1H3. The second-order valence-corrected chi connectivity index (χ2v) is 6.45. The lowest BCUT2D eigenvalue weighted by Crippen LogP contribution is -2.33. The molecule has 0 saturated carbocycles. The molecule has 0 radical (unpaired) electrons. The second-order valence-electron chi connectivity index (χ2n) is 4.87. The molecule has 0 aromatic rings. The molecule has 0 amide bonds. The van der Waals surface area contributed by atoms with Gasteiger partial charge in [0.25, 0.3) is 0 Å². The summed E-state index contributed by atoms with van der Waals surface area (Å²) in [6.45, 7) is 4.73. The summed E-state index contributed by atoms with van der Waals surface area (Å²) in [4.78, 5) is 0. The Hall–Kier alpha value is 0.840. The van der Waals surface area contributed by atoms with Crippen molar-refractivity contribution in [3.8, 4) is 0 Å². The fourth-order valence-corrected chi connectivity index (χ4v) is 2.16. The number of alkyl halides is 2. The van der Waals surface area contributed by atoms with E-state index < -0.39 is 0 Å². The molecule has 0 aliphatic rings. The van der Waals surface area contributed by atoms with Crippen LogP contribution in [0.3, 0.4) is 0 Å². The van der Waals surface area contributed by atoms with Gasteiger partial charge < -0.3 is 14.6 Å². The van der Waals surface area contributed by atoms with Gasteiger partial charge in [-0.15, -0.1) is 0 Å². The third kappa shape index (κ3) is 10.7. The van der Waals surface area contributed by atoms with Crippen molar-refractivity contribution in [2.45, 2.75) is 32.6 Å². The summed E-state index contributed by atoms with van der Waals surface area (Å²) in [6, 6.07) is 0. The summed E-state index contributed by atoms with van der Waals surface area (Å²) in [7, 11) is 0. The number of hydrogen-bond donors (Lipinski definition) is 1. The van der Waals surface area contributed by atoms with Gasteiger partial charge >= 0.3 is 0 Å². The van der Waals surface area contributed by atoms with E-state index >= 15 is 0 Å². The molecule has 0 unspecified atom stereocenters. The number of halogens is 2. The van der Waals surface area contributed by atoms with Crippen molar-refractivity contribution >= 4 is 31.9 Å². The van der Waals surface area contributed by atoms with Gasteiger partial charge in [0.2, 0.25) is 0 Å². The highest BCUT2D eigenvalue weighted by molar-refractivity contribution is 9.09. The number of hydrogen-bond acceptors (Lipinski definition) is 3. The van der Waals surface area contributed by atoms with Crippen molar-refractivity contribution in [3.63, 3.8) is 0 Å². The number of rotatable bonds is 13. The van der Waals surface area contributed by atoms with Crippen molar-refractivity contribution in [1.82, 2.24) is 0 Å². The van der Waals surface area contributed by atoms with Crippen LogP contribution in [0.15, 0.2) is 0 Å². The van der Waals surface area contributed by atoms with Gasteiger partial charge in [0.05, 0.1) is 19.8 Å². The lowest BCUT2D eigenvalue weighted by Gasteiger charge is -2.26. The molecule has 5 heteroatoms. The molecule has 0 fully saturated rings. The number of aliphatic hydroxyl groups excluding tert-OH is 1. The second kappa shape index (κ2) is 12.9. The summed E-state index contributed by atoms with van der Waals surface area (Å²) in [6.07, 6.45) is 4.36. The van der Waals surface area contributed by atoms with Crippen molar-refractivity contribution < 1.29 is 14.6 Å². The molecule has 1 N–H and O–H groups in total. The van der Waals surface area contributed by atoms with E-state index in [4.69, 9.17) is 9.47 Å². The van der Waals surface area contributed by atoms with Gasteiger partial charge in [0.15, 0.2) is 0 Å². The fourth-order valence-electron chi connectivity index (χ4n) is 1.37. The Kier molecular flexibility index (Phi) is 13.5. The van der Waals surface area contributed by atoms with Crippen molar-refractivity contribution in [2.75, 3.05) is 43.7 Å². The zero-order chi connectivity index (χ0) is 13.7. The van der Waals surface area contributed by atoms with Gasteiger partial charge in [0.1, 0.15) is 0 Å². The van der Waals surface area contributed by atoms with Crippen molar-refractivity contribution in [2.24, 2.45) is 5.41 Å². The molecule has 0 aliphatic carbocycles. The first-order chi connectivity index (χ1) is 8.68. The Labute approximate surface area is 128 Å². The minimum absolute atomic E-state index is 0.101. The maximum atomic E-state index is 9.42. The van der Waals surface area contributed by atoms with Gasteiger partial charge in [-0.1, -0.05) is 38.8 Å². The normalized spacial score (nSPS) is 12.0. The summed E-state index contributed by atoms with van der Waals surface area (Å²) >= 11 is 6.78. The first-order valence-electron chi connectivity index (χ1n) is 6.57. The Morgan fingerprint density at radius 1 is 0.889 bits per heavy atom. The summed E-state index contributed by atoms with van der Waals surface area (Å²) in [5.74, 6) is 0. The molecule has 0 atom stereocenters. The summed E-state index contributed by atoms with van der Waals surface area (Å²) in [5.41, 5.74) is -0.275. The molecule has 18 heavy (non-hydrogen) atoms. The molecule has 0 heterocycles. The van der Waals surface area contributed by atoms with Gasteiger partial charge in [-0.3, -0.25) is 0 Å². The van der Waals surface area contributed by atoms with Crippen LogP contribution in [0.2, 0.25) is 0 Å². The third-order valence-electron chi connectivity index (χ3n) is 2.63. The average Bonchev–Trinajstić information content (AvgIpc) is 2.38. The highest BCUT2D eigenvalue weighted by atomic mass is 79.9.